The summed E-state index contributed by atoms with van der Waals surface area (Å²) in [5.41, 5.74) is 3.35. The molecule has 2 saturated heterocycles. The maximum atomic E-state index is 14.4. The maximum Gasteiger partial charge on any atom is 0.316 e. The first-order valence-electron chi connectivity index (χ1n) is 15.2. The number of methoxy groups -OCH3 is 1. The number of carbonyl (C=O) groups excluding carboxylic acids is 1. The number of aromatic nitrogens is 3. The van der Waals surface area contributed by atoms with Crippen molar-refractivity contribution >= 4 is 33.1 Å². The van der Waals surface area contributed by atoms with Crippen molar-refractivity contribution in [2.75, 3.05) is 25.2 Å². The molecule has 1 amide bonds. The number of carbonyl (C=O) groups is 1. The van der Waals surface area contributed by atoms with Gasteiger partial charge in [-0.25, -0.2) is 19.3 Å². The Morgan fingerprint density at radius 3 is 2.44 bits per heavy atom. The molecule has 10 rings (SSSR count). The average Bonchev–Trinajstić information content (AvgIpc) is 3.39. The summed E-state index contributed by atoms with van der Waals surface area (Å²) in [6.45, 7) is 3.19. The standard InChI is InChI=1S/C34H35FN4O3S/c1-22-38-27-7-6-24(13-28(27)43-22)23-4-3-5-26(12-23)39(29(40)14-32-17-33(35,18-32)19-32)20-31-8-10-34(11-9-31,42-21-31)25-15-36-30(41-2)37-16-25/h3-7,12-13,15-16H,8-11,14,17-21H2,1-2H3. The molecule has 0 N–H and O–H groups in total. The van der Waals surface area contributed by atoms with Gasteiger partial charge in [-0.05, 0) is 92.7 Å². The lowest BCUT2D eigenvalue weighted by atomic mass is 9.41. The Hall–Kier alpha value is -3.43. The average molecular weight is 599 g/mol. The van der Waals surface area contributed by atoms with Gasteiger partial charge in [0, 0.05) is 42.0 Å². The highest BCUT2D eigenvalue weighted by Gasteiger charge is 2.69. The predicted octanol–water partition coefficient (Wildman–Crippen LogP) is 7.17. The molecule has 6 fully saturated rings. The van der Waals surface area contributed by atoms with Crippen LogP contribution in [0.3, 0.4) is 0 Å². The Morgan fingerprint density at radius 1 is 1.02 bits per heavy atom. The van der Waals surface area contributed by atoms with E-state index in [0.717, 1.165) is 63.3 Å². The van der Waals surface area contributed by atoms with Crippen LogP contribution in [0.1, 0.15) is 61.9 Å². The largest absolute Gasteiger partial charge is 0.467 e. The van der Waals surface area contributed by atoms with Crippen LogP contribution in [0.15, 0.2) is 54.9 Å². The smallest absolute Gasteiger partial charge is 0.316 e. The Kier molecular flexibility index (Phi) is 6.02. The molecular formula is C34H35FN4O3S. The topological polar surface area (TPSA) is 77.4 Å². The molecule has 2 aliphatic heterocycles. The lowest BCUT2D eigenvalue weighted by Gasteiger charge is -2.66. The Labute approximate surface area is 254 Å². The Bertz CT molecular complexity index is 1690. The van der Waals surface area contributed by atoms with Crippen LogP contribution in [0, 0.1) is 17.8 Å². The number of fused-ring (bicyclic) bond motifs is 4. The highest BCUT2D eigenvalue weighted by atomic mass is 32.1. The molecule has 4 aromatic rings. The monoisotopic (exact) mass is 598 g/mol. The number of ether oxygens (including phenoxy) is 2. The maximum absolute atomic E-state index is 14.4. The number of hydrogen-bond donors (Lipinski definition) is 0. The van der Waals surface area contributed by atoms with Crippen LogP contribution in [0.2, 0.25) is 0 Å². The minimum absolute atomic E-state index is 0.0905. The van der Waals surface area contributed by atoms with Crippen molar-refractivity contribution in [3.8, 4) is 17.1 Å². The minimum Gasteiger partial charge on any atom is -0.467 e. The second kappa shape index (κ2) is 9.53. The molecule has 9 heteroatoms. The molecule has 43 heavy (non-hydrogen) atoms. The van der Waals surface area contributed by atoms with E-state index in [1.807, 2.05) is 36.4 Å². The number of halogens is 1. The lowest BCUT2D eigenvalue weighted by Crippen LogP contribution is -2.65. The van der Waals surface area contributed by atoms with Crippen molar-refractivity contribution in [1.82, 2.24) is 15.0 Å². The van der Waals surface area contributed by atoms with E-state index < -0.39 is 11.3 Å². The first-order valence-corrected chi connectivity index (χ1v) is 16.0. The summed E-state index contributed by atoms with van der Waals surface area (Å²) in [5.74, 6) is 0.0905. The first-order chi connectivity index (χ1) is 20.7. The third-order valence-electron chi connectivity index (χ3n) is 10.5. The van der Waals surface area contributed by atoms with Gasteiger partial charge in [0.1, 0.15) is 5.67 Å². The highest BCUT2D eigenvalue weighted by molar-refractivity contribution is 7.18. The van der Waals surface area contributed by atoms with Crippen LogP contribution in [-0.4, -0.2) is 46.8 Å². The van der Waals surface area contributed by atoms with E-state index in [1.165, 1.54) is 0 Å². The van der Waals surface area contributed by atoms with Crippen molar-refractivity contribution in [3.63, 3.8) is 0 Å². The van der Waals surface area contributed by atoms with Crippen molar-refractivity contribution in [3.05, 3.63) is 65.4 Å². The third-order valence-corrected chi connectivity index (χ3v) is 11.4. The fourth-order valence-corrected chi connectivity index (χ4v) is 9.06. The molecule has 4 heterocycles. The SMILES string of the molecule is COc1ncc(C23CCC(CN(C(=O)CC45CC(F)(C4)C5)c4cccc(-c5ccc6nc(C)sc6c5)c4)(CC2)CO3)cn1. The zero-order chi connectivity index (χ0) is 29.5. The van der Waals surface area contributed by atoms with E-state index in [0.29, 0.717) is 44.8 Å². The normalized spacial score (nSPS) is 30.5. The molecule has 0 unspecified atom stereocenters. The summed E-state index contributed by atoms with van der Waals surface area (Å²) in [6.07, 6.45) is 9.21. The number of benzene rings is 2. The van der Waals surface area contributed by atoms with Crippen molar-refractivity contribution < 1.29 is 18.7 Å². The number of aryl methyl sites for hydroxylation is 1. The quantitative estimate of drug-likeness (QED) is 0.214. The van der Waals surface area contributed by atoms with Gasteiger partial charge in [0.15, 0.2) is 0 Å². The van der Waals surface area contributed by atoms with E-state index in [-0.39, 0.29) is 16.7 Å². The molecule has 222 valence electrons. The number of amides is 1. The fraction of sp³-hybridized carbons (Fsp3) is 0.471. The van der Waals surface area contributed by atoms with Gasteiger partial charge in [-0.1, -0.05) is 18.2 Å². The van der Waals surface area contributed by atoms with Gasteiger partial charge >= 0.3 is 6.01 Å². The second-order valence-corrected chi connectivity index (χ2v) is 14.8. The summed E-state index contributed by atoms with van der Waals surface area (Å²) in [6, 6.07) is 15.0. The zero-order valence-corrected chi connectivity index (χ0v) is 25.4. The van der Waals surface area contributed by atoms with Crippen LogP contribution in [0.25, 0.3) is 21.3 Å². The van der Waals surface area contributed by atoms with Crippen LogP contribution < -0.4 is 9.64 Å². The molecule has 2 aromatic heterocycles. The molecule has 2 aromatic carbocycles. The van der Waals surface area contributed by atoms with Gasteiger partial charge in [-0.3, -0.25) is 4.79 Å². The number of anilines is 1. The fourth-order valence-electron chi connectivity index (χ4n) is 8.19. The van der Waals surface area contributed by atoms with E-state index in [1.54, 1.807) is 18.4 Å². The van der Waals surface area contributed by atoms with E-state index in [9.17, 15) is 9.18 Å². The summed E-state index contributed by atoms with van der Waals surface area (Å²) in [7, 11) is 1.56. The first kappa shape index (κ1) is 27.1. The van der Waals surface area contributed by atoms with E-state index in [2.05, 4.69) is 45.3 Å². The molecule has 4 aliphatic carbocycles. The number of thiazole rings is 1. The van der Waals surface area contributed by atoms with Gasteiger partial charge in [0.05, 0.1) is 34.5 Å². The van der Waals surface area contributed by atoms with Gasteiger partial charge in [-0.15, -0.1) is 11.3 Å². The second-order valence-electron chi connectivity index (χ2n) is 13.5. The van der Waals surface area contributed by atoms with Crippen LogP contribution in [-0.2, 0) is 15.1 Å². The summed E-state index contributed by atoms with van der Waals surface area (Å²) in [5, 5.41) is 1.05. The van der Waals surface area contributed by atoms with Crippen molar-refractivity contribution in [2.24, 2.45) is 10.8 Å². The zero-order valence-electron chi connectivity index (χ0n) is 24.6. The van der Waals surface area contributed by atoms with Crippen molar-refractivity contribution in [1.29, 1.82) is 0 Å². The van der Waals surface area contributed by atoms with Crippen LogP contribution in [0.4, 0.5) is 10.1 Å². The Morgan fingerprint density at radius 2 is 1.77 bits per heavy atom. The molecule has 0 atom stereocenters. The summed E-state index contributed by atoms with van der Waals surface area (Å²) in [4.78, 5) is 29.4. The number of hydrogen-bond acceptors (Lipinski definition) is 7. The molecular weight excluding hydrogens is 563 g/mol. The van der Waals surface area contributed by atoms with Crippen LogP contribution >= 0.6 is 11.3 Å². The molecule has 0 radical (unpaired) electrons. The van der Waals surface area contributed by atoms with E-state index >= 15 is 0 Å². The van der Waals surface area contributed by atoms with Crippen molar-refractivity contribution in [2.45, 2.75) is 69.6 Å². The minimum atomic E-state index is -1.02. The third kappa shape index (κ3) is 4.54. The molecule has 4 saturated carbocycles. The molecule has 6 aliphatic rings. The van der Waals surface area contributed by atoms with Gasteiger partial charge in [0.25, 0.3) is 0 Å². The Balaban J connectivity index is 1.07. The number of nitrogens with zero attached hydrogens (tertiary/aromatic N) is 4. The van der Waals surface area contributed by atoms with Gasteiger partial charge in [0.2, 0.25) is 5.91 Å². The van der Waals surface area contributed by atoms with E-state index in [4.69, 9.17) is 9.47 Å². The summed E-state index contributed by atoms with van der Waals surface area (Å²) < 4.78 is 27.3. The molecule has 7 nitrogen and oxygen atoms in total. The number of rotatable bonds is 8. The van der Waals surface area contributed by atoms with Gasteiger partial charge < -0.3 is 14.4 Å². The predicted molar refractivity (Wildman–Crippen MR) is 164 cm³/mol. The molecule has 4 bridgehead atoms. The number of alkyl halides is 1. The van der Waals surface area contributed by atoms with Crippen LogP contribution in [0.5, 0.6) is 6.01 Å². The lowest BCUT2D eigenvalue weighted by molar-refractivity contribution is -0.215. The van der Waals surface area contributed by atoms with Gasteiger partial charge in [-0.2, -0.15) is 0 Å². The highest BCUT2D eigenvalue weighted by Crippen LogP contribution is 2.71. The summed E-state index contributed by atoms with van der Waals surface area (Å²) >= 11 is 1.69. The molecule has 0 spiro atoms.